The highest BCUT2D eigenvalue weighted by atomic mass is 28.4. The lowest BCUT2D eigenvalue weighted by atomic mass is 10.0. The summed E-state index contributed by atoms with van der Waals surface area (Å²) in [4.78, 5) is 24.6. The molecule has 0 fully saturated rings. The lowest BCUT2D eigenvalue weighted by Gasteiger charge is -2.21. The lowest BCUT2D eigenvalue weighted by Crippen LogP contribution is -2.31. The van der Waals surface area contributed by atoms with Crippen LogP contribution in [0.4, 0.5) is 0 Å². The molecule has 0 aliphatic carbocycles. The molecule has 0 atom stereocenters. The zero-order valence-corrected chi connectivity index (χ0v) is 16.8. The average Bonchev–Trinajstić information content (AvgIpc) is 2.23. The summed E-state index contributed by atoms with van der Waals surface area (Å²) >= 11 is 0. The summed E-state index contributed by atoms with van der Waals surface area (Å²) < 4.78 is 11.1. The van der Waals surface area contributed by atoms with Crippen LogP contribution in [0.5, 0.6) is 0 Å². The highest BCUT2D eigenvalue weighted by Crippen LogP contribution is 2.21. The van der Waals surface area contributed by atoms with Gasteiger partial charge in [-0.3, -0.25) is 0 Å². The summed E-state index contributed by atoms with van der Waals surface area (Å²) in [5.41, 5.74) is 2.50. The van der Waals surface area contributed by atoms with E-state index in [-0.39, 0.29) is 11.9 Å². The van der Waals surface area contributed by atoms with E-state index in [1.165, 1.54) is 0 Å². The summed E-state index contributed by atoms with van der Waals surface area (Å²) in [6.07, 6.45) is 0. The van der Waals surface area contributed by atoms with Gasteiger partial charge in [-0.25, -0.2) is 9.59 Å². The quantitative estimate of drug-likeness (QED) is 0.769. The van der Waals surface area contributed by atoms with E-state index in [9.17, 15) is 9.59 Å². The molecule has 122 valence electrons. The number of benzene rings is 1. The molecule has 0 aliphatic rings. The Bertz CT molecular complexity index is 546. The Morgan fingerprint density at radius 3 is 1.32 bits per heavy atom. The normalized spacial score (nSPS) is 12.0. The second-order valence-electron chi connectivity index (χ2n) is 7.49. The molecule has 0 aromatic heterocycles. The van der Waals surface area contributed by atoms with Crippen molar-refractivity contribution in [1.82, 2.24) is 0 Å². The van der Waals surface area contributed by atoms with Gasteiger partial charge in [0.05, 0.1) is 11.1 Å². The summed E-state index contributed by atoms with van der Waals surface area (Å²) in [5, 5.41) is 0. The largest absolute Gasteiger partial charge is 0.516 e. The molecular weight excluding hydrogens is 312 g/mol. The van der Waals surface area contributed by atoms with E-state index >= 15 is 0 Å². The molecule has 22 heavy (non-hydrogen) atoms. The minimum absolute atomic E-state index is 0.362. The Morgan fingerprint density at radius 2 is 1.05 bits per heavy atom. The van der Waals surface area contributed by atoms with Gasteiger partial charge in [-0.2, -0.15) is 0 Å². The second-order valence-corrected chi connectivity index (χ2v) is 16.3. The molecule has 1 rings (SSSR count). The molecule has 0 amide bonds. The molecule has 0 bridgehead atoms. The van der Waals surface area contributed by atoms with E-state index in [4.69, 9.17) is 8.85 Å². The second kappa shape index (κ2) is 6.38. The molecule has 1 aromatic carbocycles. The smallest absolute Gasteiger partial charge is 0.325 e. The fourth-order valence-corrected chi connectivity index (χ4v) is 3.29. The minimum atomic E-state index is -1.98. The average molecular weight is 339 g/mol. The maximum Gasteiger partial charge on any atom is 0.325 e. The molecule has 1 aromatic rings. The number of hydrogen-bond acceptors (Lipinski definition) is 4. The van der Waals surface area contributed by atoms with Crippen molar-refractivity contribution >= 4 is 28.6 Å². The van der Waals surface area contributed by atoms with Crippen LogP contribution in [0.25, 0.3) is 0 Å². The third-order valence-corrected chi connectivity index (χ3v) is 4.40. The molecule has 0 saturated carbocycles. The van der Waals surface area contributed by atoms with Crippen molar-refractivity contribution in [2.45, 2.75) is 53.1 Å². The molecule has 0 heterocycles. The SMILES string of the molecule is Cc1cc(C)c(C(=O)O[Si](C)(C)C)cc1C(=O)O[Si](C)(C)C. The van der Waals surface area contributed by atoms with Gasteiger partial charge in [-0.05, 0) is 70.3 Å². The van der Waals surface area contributed by atoms with Crippen LogP contribution in [0.3, 0.4) is 0 Å². The van der Waals surface area contributed by atoms with Gasteiger partial charge in [0.25, 0.3) is 0 Å². The van der Waals surface area contributed by atoms with Crippen LogP contribution < -0.4 is 0 Å². The van der Waals surface area contributed by atoms with Gasteiger partial charge < -0.3 is 8.85 Å². The third kappa shape index (κ3) is 5.42. The van der Waals surface area contributed by atoms with Crippen molar-refractivity contribution in [3.8, 4) is 0 Å². The first-order valence-corrected chi connectivity index (χ1v) is 14.2. The molecule has 0 aliphatic heterocycles. The number of aryl methyl sites for hydroxylation is 2. The molecule has 0 N–H and O–H groups in total. The van der Waals surface area contributed by atoms with Gasteiger partial charge in [-0.1, -0.05) is 6.07 Å². The molecular formula is C16H26O4Si2. The van der Waals surface area contributed by atoms with Crippen LogP contribution in [0.2, 0.25) is 39.3 Å². The Balaban J connectivity index is 3.20. The predicted octanol–water partition coefficient (Wildman–Crippen LogP) is 4.29. The molecule has 6 heteroatoms. The van der Waals surface area contributed by atoms with Crippen LogP contribution >= 0.6 is 0 Å². The standard InChI is InChI=1S/C16H26O4Si2/c1-11-9-12(2)14(16(18)20-22(6,7)8)10-13(11)15(17)19-21(3,4)5/h9-10H,1-8H3. The van der Waals surface area contributed by atoms with E-state index in [2.05, 4.69) is 0 Å². The van der Waals surface area contributed by atoms with Gasteiger partial charge in [0.2, 0.25) is 16.6 Å². The highest BCUT2D eigenvalue weighted by molar-refractivity contribution is 6.71. The molecule has 0 unspecified atom stereocenters. The van der Waals surface area contributed by atoms with Crippen molar-refractivity contribution in [2.24, 2.45) is 0 Å². The van der Waals surface area contributed by atoms with Gasteiger partial charge in [0.15, 0.2) is 0 Å². The summed E-state index contributed by atoms with van der Waals surface area (Å²) in [7, 11) is -3.96. The molecule has 0 radical (unpaired) electrons. The maximum absolute atomic E-state index is 12.3. The van der Waals surface area contributed by atoms with Crippen LogP contribution in [0.1, 0.15) is 31.8 Å². The Kier molecular flexibility index (Phi) is 5.40. The van der Waals surface area contributed by atoms with E-state index < -0.39 is 16.6 Å². The zero-order chi connectivity index (χ0) is 17.3. The molecule has 4 nitrogen and oxygen atoms in total. The number of hydrogen-bond donors (Lipinski definition) is 0. The van der Waals surface area contributed by atoms with Crippen molar-refractivity contribution in [3.63, 3.8) is 0 Å². The lowest BCUT2D eigenvalue weighted by molar-refractivity contribution is 0.0722. The van der Waals surface area contributed by atoms with Crippen LogP contribution in [-0.2, 0) is 8.85 Å². The fraction of sp³-hybridized carbons (Fsp3) is 0.500. The first-order chi connectivity index (χ1) is 9.80. The van der Waals surface area contributed by atoms with Crippen molar-refractivity contribution in [2.75, 3.05) is 0 Å². The number of carbonyl (C=O) groups is 2. The van der Waals surface area contributed by atoms with E-state index in [0.717, 1.165) is 11.1 Å². The fourth-order valence-electron chi connectivity index (χ4n) is 1.96. The topological polar surface area (TPSA) is 52.6 Å². The predicted molar refractivity (Wildman–Crippen MR) is 93.4 cm³/mol. The molecule has 0 saturated heterocycles. The van der Waals surface area contributed by atoms with Crippen LogP contribution in [-0.4, -0.2) is 28.6 Å². The van der Waals surface area contributed by atoms with Crippen molar-refractivity contribution in [1.29, 1.82) is 0 Å². The zero-order valence-electron chi connectivity index (χ0n) is 14.8. The van der Waals surface area contributed by atoms with Gasteiger partial charge >= 0.3 is 11.9 Å². The van der Waals surface area contributed by atoms with E-state index in [0.29, 0.717) is 11.1 Å². The van der Waals surface area contributed by atoms with E-state index in [1.54, 1.807) is 6.07 Å². The van der Waals surface area contributed by atoms with Crippen LogP contribution in [0.15, 0.2) is 12.1 Å². The van der Waals surface area contributed by atoms with Crippen molar-refractivity contribution < 1.29 is 18.4 Å². The Labute approximate surface area is 135 Å². The maximum atomic E-state index is 12.3. The number of rotatable bonds is 4. The van der Waals surface area contributed by atoms with Gasteiger partial charge in [0.1, 0.15) is 0 Å². The molecule has 0 spiro atoms. The van der Waals surface area contributed by atoms with Crippen molar-refractivity contribution in [3.05, 3.63) is 34.4 Å². The number of carbonyl (C=O) groups excluding carboxylic acids is 2. The summed E-state index contributed by atoms with van der Waals surface area (Å²) in [5.74, 6) is -0.725. The highest BCUT2D eigenvalue weighted by Gasteiger charge is 2.26. The van der Waals surface area contributed by atoms with Gasteiger partial charge in [0, 0.05) is 0 Å². The monoisotopic (exact) mass is 338 g/mol. The minimum Gasteiger partial charge on any atom is -0.516 e. The third-order valence-electron chi connectivity index (χ3n) is 2.81. The van der Waals surface area contributed by atoms with E-state index in [1.807, 2.05) is 59.2 Å². The Hall–Kier alpha value is -1.41. The Morgan fingerprint density at radius 1 is 0.727 bits per heavy atom. The summed E-state index contributed by atoms with van der Waals surface area (Å²) in [6.45, 7) is 15.4. The first kappa shape index (κ1) is 18.6. The van der Waals surface area contributed by atoms with Gasteiger partial charge in [-0.15, -0.1) is 0 Å². The van der Waals surface area contributed by atoms with Crippen LogP contribution in [0, 0.1) is 13.8 Å². The summed E-state index contributed by atoms with van der Waals surface area (Å²) in [6, 6.07) is 3.44. The first-order valence-electron chi connectivity index (χ1n) is 7.38.